The van der Waals surface area contributed by atoms with Gasteiger partial charge in [-0.3, -0.25) is 19.4 Å². The quantitative estimate of drug-likeness (QED) is 0.0888. The molecule has 0 saturated heterocycles. The number of hydrogen-bond acceptors (Lipinski definition) is 6. The molecule has 10 N–H and O–H groups in total. The molecule has 0 unspecified atom stereocenters. The van der Waals surface area contributed by atoms with Crippen molar-refractivity contribution in [1.82, 2.24) is 16.0 Å². The van der Waals surface area contributed by atoms with Crippen LogP contribution in [0.15, 0.2) is 4.99 Å². The minimum atomic E-state index is -1.18. The lowest BCUT2D eigenvalue weighted by molar-refractivity contribution is -0.143. The highest BCUT2D eigenvalue weighted by Gasteiger charge is 2.32. The van der Waals surface area contributed by atoms with Crippen LogP contribution in [0.2, 0.25) is 0 Å². The Labute approximate surface area is 201 Å². The number of aliphatic carboxylic acids is 1. The van der Waals surface area contributed by atoms with Crippen molar-refractivity contribution in [2.24, 2.45) is 39.9 Å². The van der Waals surface area contributed by atoms with Gasteiger partial charge in [0, 0.05) is 6.54 Å². The summed E-state index contributed by atoms with van der Waals surface area (Å²) in [6.45, 7) is 10.8. The van der Waals surface area contributed by atoms with Gasteiger partial charge in [-0.05, 0) is 30.6 Å². The molecule has 0 saturated carbocycles. The predicted octanol–water partition coefficient (Wildman–Crippen LogP) is -0.736. The number of guanidine groups is 1. The number of carbonyl (C=O) groups is 4. The molecule has 0 bridgehead atoms. The van der Waals surface area contributed by atoms with Crippen LogP contribution in [0.25, 0.3) is 0 Å². The lowest BCUT2D eigenvalue weighted by Crippen LogP contribution is -2.59. The number of rotatable bonds is 15. The summed E-state index contributed by atoms with van der Waals surface area (Å²) in [6, 6.07) is -3.89. The van der Waals surface area contributed by atoms with E-state index in [4.69, 9.17) is 17.2 Å². The molecule has 0 aromatic heterocycles. The molecule has 12 nitrogen and oxygen atoms in total. The first-order chi connectivity index (χ1) is 15.7. The van der Waals surface area contributed by atoms with Crippen molar-refractivity contribution in [3.8, 4) is 0 Å². The van der Waals surface area contributed by atoms with Crippen molar-refractivity contribution in [3.63, 3.8) is 0 Å². The van der Waals surface area contributed by atoms with Gasteiger partial charge in [-0.25, -0.2) is 4.79 Å². The lowest BCUT2D eigenvalue weighted by Gasteiger charge is -2.28. The van der Waals surface area contributed by atoms with Crippen LogP contribution in [0, 0.1) is 17.8 Å². The Hall–Kier alpha value is -2.89. The van der Waals surface area contributed by atoms with Gasteiger partial charge in [-0.2, -0.15) is 0 Å². The highest BCUT2D eigenvalue weighted by Crippen LogP contribution is 2.10. The molecular weight excluding hydrogens is 442 g/mol. The zero-order valence-corrected chi connectivity index (χ0v) is 21.1. The van der Waals surface area contributed by atoms with Crippen molar-refractivity contribution in [2.45, 2.75) is 85.0 Å². The third-order valence-electron chi connectivity index (χ3n) is 5.62. The smallest absolute Gasteiger partial charge is 0.326 e. The lowest BCUT2D eigenvalue weighted by atomic mass is 9.97. The molecule has 196 valence electrons. The summed E-state index contributed by atoms with van der Waals surface area (Å²) in [7, 11) is 0. The topological polar surface area (TPSA) is 215 Å². The van der Waals surface area contributed by atoms with E-state index in [1.54, 1.807) is 27.7 Å². The molecule has 0 fully saturated rings. The van der Waals surface area contributed by atoms with Gasteiger partial charge in [0.05, 0.1) is 6.04 Å². The van der Waals surface area contributed by atoms with Crippen LogP contribution < -0.4 is 33.2 Å². The Bertz CT molecular complexity index is 722. The van der Waals surface area contributed by atoms with Gasteiger partial charge < -0.3 is 38.3 Å². The molecule has 0 aliphatic carbocycles. The van der Waals surface area contributed by atoms with Crippen molar-refractivity contribution >= 4 is 29.7 Å². The Kier molecular flexibility index (Phi) is 13.8. The van der Waals surface area contributed by atoms with Gasteiger partial charge in [-0.1, -0.05) is 48.0 Å². The van der Waals surface area contributed by atoms with Crippen LogP contribution in [0.1, 0.15) is 60.8 Å². The fraction of sp³-hybridized carbons (Fsp3) is 0.773. The number of aliphatic imine (C=N–C) groups is 1. The number of carboxylic acid groups (broad SMARTS) is 1. The highest BCUT2D eigenvalue weighted by atomic mass is 16.4. The fourth-order valence-electron chi connectivity index (χ4n) is 3.10. The number of nitrogens with zero attached hydrogens (tertiary/aromatic N) is 1. The van der Waals surface area contributed by atoms with E-state index in [0.717, 1.165) is 0 Å². The molecule has 0 heterocycles. The number of nitrogens with two attached hydrogens (primary N) is 3. The van der Waals surface area contributed by atoms with Crippen LogP contribution in [0.3, 0.4) is 0 Å². The summed E-state index contributed by atoms with van der Waals surface area (Å²) in [6.07, 6.45) is 1.21. The molecule has 0 aliphatic heterocycles. The summed E-state index contributed by atoms with van der Waals surface area (Å²) in [5, 5.41) is 17.2. The van der Waals surface area contributed by atoms with E-state index in [1.807, 2.05) is 13.8 Å². The molecule has 5 atom stereocenters. The monoisotopic (exact) mass is 485 g/mol. The summed E-state index contributed by atoms with van der Waals surface area (Å²) in [5.41, 5.74) is 16.6. The number of amides is 3. The van der Waals surface area contributed by atoms with Gasteiger partial charge >= 0.3 is 5.97 Å². The summed E-state index contributed by atoms with van der Waals surface area (Å²) in [4.78, 5) is 53.9. The van der Waals surface area contributed by atoms with E-state index in [2.05, 4.69) is 20.9 Å². The third kappa shape index (κ3) is 10.8. The Morgan fingerprint density at radius 1 is 0.853 bits per heavy atom. The summed E-state index contributed by atoms with van der Waals surface area (Å²) >= 11 is 0. The van der Waals surface area contributed by atoms with Crippen molar-refractivity contribution in [1.29, 1.82) is 0 Å². The number of carboxylic acids is 1. The Balaban J connectivity index is 5.58. The predicted molar refractivity (Wildman–Crippen MR) is 130 cm³/mol. The fourth-order valence-corrected chi connectivity index (χ4v) is 3.10. The first kappa shape index (κ1) is 31.1. The van der Waals surface area contributed by atoms with Crippen LogP contribution in [0.4, 0.5) is 0 Å². The normalized spacial score (nSPS) is 15.6. The maximum absolute atomic E-state index is 13.1. The molecule has 0 spiro atoms. The maximum atomic E-state index is 13.1. The van der Waals surface area contributed by atoms with E-state index >= 15 is 0 Å². The summed E-state index contributed by atoms with van der Waals surface area (Å²) < 4.78 is 0. The van der Waals surface area contributed by atoms with Gasteiger partial charge in [0.25, 0.3) is 0 Å². The molecule has 0 rings (SSSR count). The van der Waals surface area contributed by atoms with Gasteiger partial charge in [0.2, 0.25) is 17.7 Å². The van der Waals surface area contributed by atoms with Gasteiger partial charge in [-0.15, -0.1) is 0 Å². The zero-order valence-electron chi connectivity index (χ0n) is 21.1. The number of nitrogens with one attached hydrogen (secondary N) is 3. The molecule has 12 heteroatoms. The first-order valence-corrected chi connectivity index (χ1v) is 11.7. The SMILES string of the molecule is CC[C@H](C)[C@H](N)C(=O)N[C@H](C(=O)N[C@@H](CCCN=C(N)N)C(=O)N[C@H](C(=O)O)C(C)C)C(C)C. The van der Waals surface area contributed by atoms with Gasteiger partial charge in [0.15, 0.2) is 5.96 Å². The number of hydrogen-bond donors (Lipinski definition) is 7. The van der Waals surface area contributed by atoms with Crippen LogP contribution in [0.5, 0.6) is 0 Å². The second-order valence-electron chi connectivity index (χ2n) is 9.22. The van der Waals surface area contributed by atoms with E-state index in [0.29, 0.717) is 12.8 Å². The summed E-state index contributed by atoms with van der Waals surface area (Å²) in [5.74, 6) is -3.69. The average Bonchev–Trinajstić information content (AvgIpc) is 2.75. The van der Waals surface area contributed by atoms with Crippen LogP contribution in [-0.4, -0.2) is 65.5 Å². The Morgan fingerprint density at radius 2 is 1.38 bits per heavy atom. The zero-order chi connectivity index (χ0) is 26.6. The molecule has 0 aliphatic rings. The van der Waals surface area contributed by atoms with Crippen LogP contribution >= 0.6 is 0 Å². The van der Waals surface area contributed by atoms with Gasteiger partial charge in [0.1, 0.15) is 18.1 Å². The minimum Gasteiger partial charge on any atom is -0.480 e. The maximum Gasteiger partial charge on any atom is 0.326 e. The second kappa shape index (κ2) is 15.1. The molecular formula is C22H43N7O5. The van der Waals surface area contributed by atoms with E-state index in [9.17, 15) is 24.3 Å². The second-order valence-corrected chi connectivity index (χ2v) is 9.22. The van der Waals surface area contributed by atoms with Crippen molar-refractivity contribution in [2.75, 3.05) is 6.54 Å². The molecule has 3 amide bonds. The Morgan fingerprint density at radius 3 is 1.82 bits per heavy atom. The molecule has 0 aromatic rings. The highest BCUT2D eigenvalue weighted by molar-refractivity contribution is 5.94. The minimum absolute atomic E-state index is 0.0751. The standard InChI is InChI=1S/C22H43N7O5/c1-7-13(6)15(23)19(31)28-16(11(2)3)20(32)27-14(9-8-10-26-22(24)25)18(30)29-17(12(4)5)21(33)34/h11-17H,7-10,23H2,1-6H3,(H,27,32)(H,28,31)(H,29,30)(H,33,34)(H4,24,25,26)/t13-,14-,15-,16-,17-/m0/s1. The molecule has 0 radical (unpaired) electrons. The van der Waals surface area contributed by atoms with Crippen LogP contribution in [-0.2, 0) is 19.2 Å². The van der Waals surface area contributed by atoms with Crippen molar-refractivity contribution in [3.05, 3.63) is 0 Å². The molecule has 34 heavy (non-hydrogen) atoms. The number of carbonyl (C=O) groups excluding carboxylic acids is 3. The van der Waals surface area contributed by atoms with E-state index in [1.165, 1.54) is 0 Å². The van der Waals surface area contributed by atoms with Crippen molar-refractivity contribution < 1.29 is 24.3 Å². The first-order valence-electron chi connectivity index (χ1n) is 11.7. The average molecular weight is 486 g/mol. The third-order valence-corrected chi connectivity index (χ3v) is 5.62. The largest absolute Gasteiger partial charge is 0.480 e. The molecule has 0 aromatic carbocycles. The van der Waals surface area contributed by atoms with E-state index in [-0.39, 0.29) is 36.7 Å². The van der Waals surface area contributed by atoms with E-state index < -0.39 is 47.9 Å².